The molecule has 0 aliphatic heterocycles. The first kappa shape index (κ1) is 35.7. The number of aromatic nitrogens is 2. The third kappa shape index (κ3) is 6.24. The van der Waals surface area contributed by atoms with Crippen LogP contribution < -0.4 is 5.32 Å². The number of hydrogen-bond donors (Lipinski definition) is 2. The van der Waals surface area contributed by atoms with Crippen LogP contribution in [0.15, 0.2) is 54.9 Å². The summed E-state index contributed by atoms with van der Waals surface area (Å²) in [5.41, 5.74) is 4.40. The summed E-state index contributed by atoms with van der Waals surface area (Å²) >= 11 is 0. The highest BCUT2D eigenvalue weighted by molar-refractivity contribution is 5.88. The number of aromatic carboxylic acids is 1. The smallest absolute Gasteiger partial charge is 0.335 e. The first-order valence-electron chi connectivity index (χ1n) is 19.1. The first-order chi connectivity index (χ1) is 23.1. The number of rotatable bonds is 7. The zero-order chi connectivity index (χ0) is 35.4. The molecule has 0 saturated heterocycles. The van der Waals surface area contributed by atoms with Crippen LogP contribution in [-0.2, 0) is 18.3 Å². The Hall–Kier alpha value is -3.15. The van der Waals surface area contributed by atoms with Gasteiger partial charge in [-0.05, 0) is 134 Å². The van der Waals surface area contributed by atoms with E-state index in [1.54, 1.807) is 12.1 Å². The molecule has 8 unspecified atom stereocenters. The average Bonchev–Trinajstić information content (AvgIpc) is 3.62. The van der Waals surface area contributed by atoms with Gasteiger partial charge in [0.15, 0.2) is 0 Å². The molecule has 3 saturated carbocycles. The summed E-state index contributed by atoms with van der Waals surface area (Å²) in [5, 5.41) is 13.2. The highest BCUT2D eigenvalue weighted by Crippen LogP contribution is 2.68. The van der Waals surface area contributed by atoms with Crippen molar-refractivity contribution in [3.63, 3.8) is 0 Å². The van der Waals surface area contributed by atoms with Crippen LogP contribution in [0.4, 0.5) is 0 Å². The monoisotopic (exact) mass is 667 g/mol. The number of aryl methyl sites for hydroxylation is 2. The van der Waals surface area contributed by atoms with Gasteiger partial charge in [0, 0.05) is 37.8 Å². The molecule has 0 bridgehead atoms. The van der Waals surface area contributed by atoms with Crippen LogP contribution in [0.1, 0.15) is 134 Å². The van der Waals surface area contributed by atoms with Crippen LogP contribution in [0.2, 0.25) is 0 Å². The van der Waals surface area contributed by atoms with Crippen LogP contribution in [0.5, 0.6) is 0 Å². The predicted octanol–water partition coefficient (Wildman–Crippen LogP) is 9.66. The van der Waals surface area contributed by atoms with Crippen LogP contribution in [0.25, 0.3) is 5.57 Å². The van der Waals surface area contributed by atoms with Gasteiger partial charge >= 0.3 is 5.97 Å². The number of carbonyl (C=O) groups is 2. The molecule has 6 nitrogen and oxygen atoms in total. The number of amides is 1. The molecule has 49 heavy (non-hydrogen) atoms. The largest absolute Gasteiger partial charge is 0.478 e. The minimum Gasteiger partial charge on any atom is -0.478 e. The third-order valence-corrected chi connectivity index (χ3v) is 14.9. The molecule has 0 spiro atoms. The van der Waals surface area contributed by atoms with Crippen molar-refractivity contribution < 1.29 is 14.7 Å². The van der Waals surface area contributed by atoms with Crippen molar-refractivity contribution in [3.05, 3.63) is 71.8 Å². The number of carbonyl (C=O) groups excluding carboxylic acids is 1. The number of allylic oxidation sites excluding steroid dienone is 3. The number of hydrogen-bond acceptors (Lipinski definition) is 3. The number of carboxylic acids is 1. The standard InChI is InChI=1S/C43H61N3O3/c1-28(2)32-19-25-43(45-38(47)17-16-37-44-26-27-46(37)8)24-18-29(3)41(6)23-21-35-40(4,5)33(30-12-14-31(15-13-30)39(48)49)20-22-42(35,7)36(41)11-9-10-34(32)43/h12-15,20,26-27,29,32,34-36H,1,9-11,16-19,21-25H2,2-8H3,(H,45,47)(H,48,49). The second-order valence-electron chi connectivity index (χ2n) is 17.7. The van der Waals surface area contributed by atoms with Crippen molar-refractivity contribution in [2.45, 2.75) is 124 Å². The molecule has 1 amide bonds. The second kappa shape index (κ2) is 13.2. The highest BCUT2D eigenvalue weighted by Gasteiger charge is 2.60. The zero-order valence-electron chi connectivity index (χ0n) is 31.3. The van der Waals surface area contributed by atoms with Crippen molar-refractivity contribution in [1.82, 2.24) is 14.9 Å². The summed E-state index contributed by atoms with van der Waals surface area (Å²) in [6.07, 6.45) is 18.8. The van der Waals surface area contributed by atoms with Gasteiger partial charge in [0.05, 0.1) is 5.56 Å². The van der Waals surface area contributed by atoms with E-state index in [0.717, 1.165) is 49.9 Å². The quantitative estimate of drug-likeness (QED) is 0.288. The summed E-state index contributed by atoms with van der Waals surface area (Å²) < 4.78 is 2.01. The van der Waals surface area contributed by atoms with Crippen molar-refractivity contribution >= 4 is 17.4 Å². The van der Waals surface area contributed by atoms with Crippen LogP contribution in [0, 0.1) is 45.8 Å². The Balaban J connectivity index is 1.27. The SMILES string of the molecule is C=C(C)C1CCC2(NC(=O)CCc3nccn3C)CCC(C)C3(C)CCC4C(C)(C)C(c5ccc(C(=O)O)cc5)=CCC4(C)C3CCCC12. The molecule has 3 fully saturated rings. The summed E-state index contributed by atoms with van der Waals surface area (Å²) in [6.45, 7) is 19.3. The van der Waals surface area contributed by atoms with Crippen LogP contribution in [0.3, 0.4) is 0 Å². The van der Waals surface area contributed by atoms with Gasteiger partial charge in [0.2, 0.25) is 5.91 Å². The van der Waals surface area contributed by atoms with Crippen LogP contribution >= 0.6 is 0 Å². The summed E-state index contributed by atoms with van der Waals surface area (Å²) in [5.74, 6) is 2.86. The topological polar surface area (TPSA) is 84.2 Å². The molecular formula is C43H61N3O3. The van der Waals surface area contributed by atoms with E-state index in [2.05, 4.69) is 64.5 Å². The second-order valence-corrected chi connectivity index (χ2v) is 17.7. The van der Waals surface area contributed by atoms with Crippen LogP contribution in [-0.4, -0.2) is 32.1 Å². The number of nitrogens with one attached hydrogen (secondary N) is 1. The van der Waals surface area contributed by atoms with E-state index in [1.165, 1.54) is 36.8 Å². The minimum absolute atomic E-state index is 0.0114. The molecular weight excluding hydrogens is 606 g/mol. The van der Waals surface area contributed by atoms with E-state index in [1.807, 2.05) is 36.1 Å². The first-order valence-corrected chi connectivity index (χ1v) is 19.1. The normalized spacial score (nSPS) is 35.7. The molecule has 4 aliphatic carbocycles. The maximum Gasteiger partial charge on any atom is 0.335 e. The van der Waals surface area contributed by atoms with E-state index >= 15 is 0 Å². The highest BCUT2D eigenvalue weighted by atomic mass is 16.4. The lowest BCUT2D eigenvalue weighted by molar-refractivity contribution is -0.126. The Morgan fingerprint density at radius 3 is 2.35 bits per heavy atom. The number of carboxylic acid groups (broad SMARTS) is 1. The van der Waals surface area contributed by atoms with Gasteiger partial charge in [0.1, 0.15) is 5.82 Å². The fourth-order valence-electron chi connectivity index (χ4n) is 12.1. The molecule has 0 radical (unpaired) electrons. The Bertz CT molecular complexity index is 1600. The van der Waals surface area contributed by atoms with Crippen molar-refractivity contribution in [1.29, 1.82) is 0 Å². The van der Waals surface area contributed by atoms with Crippen molar-refractivity contribution in [2.24, 2.45) is 52.9 Å². The molecule has 1 heterocycles. The molecule has 1 aromatic heterocycles. The lowest BCUT2D eigenvalue weighted by Gasteiger charge is -2.64. The molecule has 6 rings (SSSR count). The van der Waals surface area contributed by atoms with E-state index in [-0.39, 0.29) is 27.7 Å². The summed E-state index contributed by atoms with van der Waals surface area (Å²) in [7, 11) is 2.00. The molecule has 2 aromatic rings. The van der Waals surface area contributed by atoms with Crippen molar-refractivity contribution in [3.8, 4) is 0 Å². The maximum absolute atomic E-state index is 13.7. The van der Waals surface area contributed by atoms with Gasteiger partial charge in [-0.3, -0.25) is 4.79 Å². The number of fused-ring (bicyclic) bond motifs is 4. The molecule has 1 aromatic carbocycles. The molecule has 6 heteroatoms. The van der Waals surface area contributed by atoms with Gasteiger partial charge in [-0.25, -0.2) is 9.78 Å². The fraction of sp³-hybridized carbons (Fsp3) is 0.651. The number of imidazole rings is 1. The lowest BCUT2D eigenvalue weighted by atomic mass is 9.40. The van der Waals surface area contributed by atoms with E-state index in [4.69, 9.17) is 0 Å². The number of benzene rings is 1. The van der Waals surface area contributed by atoms with Gasteiger partial charge in [-0.2, -0.15) is 0 Å². The van der Waals surface area contributed by atoms with Crippen molar-refractivity contribution in [2.75, 3.05) is 0 Å². The lowest BCUT2D eigenvalue weighted by Crippen LogP contribution is -2.57. The third-order valence-electron chi connectivity index (χ3n) is 14.9. The Kier molecular flexibility index (Phi) is 9.60. The molecule has 4 aliphatic rings. The van der Waals surface area contributed by atoms with Gasteiger partial charge in [0.25, 0.3) is 0 Å². The fourth-order valence-corrected chi connectivity index (χ4v) is 12.1. The Morgan fingerprint density at radius 2 is 1.69 bits per heavy atom. The predicted molar refractivity (Wildman–Crippen MR) is 198 cm³/mol. The molecule has 8 atom stereocenters. The van der Waals surface area contributed by atoms with E-state index in [9.17, 15) is 14.7 Å². The minimum atomic E-state index is -0.875. The van der Waals surface area contributed by atoms with E-state index in [0.29, 0.717) is 48.0 Å². The maximum atomic E-state index is 13.7. The van der Waals surface area contributed by atoms with E-state index < -0.39 is 5.97 Å². The Labute approximate surface area is 295 Å². The number of nitrogens with zero attached hydrogens (tertiary/aromatic N) is 2. The molecule has 266 valence electrons. The Morgan fingerprint density at radius 1 is 0.980 bits per heavy atom. The van der Waals surface area contributed by atoms with Gasteiger partial charge in [-0.1, -0.05) is 71.4 Å². The summed E-state index contributed by atoms with van der Waals surface area (Å²) in [6, 6.07) is 7.55. The zero-order valence-corrected chi connectivity index (χ0v) is 31.3. The van der Waals surface area contributed by atoms with Gasteiger partial charge < -0.3 is 15.0 Å². The molecule has 2 N–H and O–H groups in total. The van der Waals surface area contributed by atoms with Gasteiger partial charge in [-0.15, -0.1) is 0 Å². The average molecular weight is 668 g/mol. The summed E-state index contributed by atoms with van der Waals surface area (Å²) in [4.78, 5) is 29.7.